The van der Waals surface area contributed by atoms with E-state index in [9.17, 15) is 9.59 Å². The molecule has 1 heterocycles. The molecule has 1 saturated carbocycles. The van der Waals surface area contributed by atoms with Crippen LogP contribution in [0.1, 0.15) is 34.8 Å². The van der Waals surface area contributed by atoms with Gasteiger partial charge in [-0.2, -0.15) is 5.10 Å². The molecule has 1 fully saturated rings. The standard InChI is InChI=1S/C17H18BrN3O3/c1-24-12-4-5-14(18)13(10-12)17(23)19-8-9-21-16(22)7-6-15(20-21)11-2-3-11/h4-7,10-11H,2-3,8-9H2,1H3,(H,19,23). The number of rotatable bonds is 6. The van der Waals surface area contributed by atoms with E-state index >= 15 is 0 Å². The monoisotopic (exact) mass is 391 g/mol. The number of nitrogens with zero attached hydrogens (tertiary/aromatic N) is 2. The molecule has 1 aromatic heterocycles. The Morgan fingerprint density at radius 3 is 2.88 bits per heavy atom. The average molecular weight is 392 g/mol. The van der Waals surface area contributed by atoms with Gasteiger partial charge >= 0.3 is 0 Å². The second kappa shape index (κ2) is 7.17. The molecule has 7 heteroatoms. The van der Waals surface area contributed by atoms with Gasteiger partial charge in [-0.05, 0) is 53.0 Å². The highest BCUT2D eigenvalue weighted by Gasteiger charge is 2.25. The Bertz CT molecular complexity index is 815. The number of halogens is 1. The number of aromatic nitrogens is 2. The van der Waals surface area contributed by atoms with Crippen LogP contribution in [-0.2, 0) is 6.54 Å². The van der Waals surface area contributed by atoms with Crippen molar-refractivity contribution in [2.45, 2.75) is 25.3 Å². The predicted molar refractivity (Wildman–Crippen MR) is 93.5 cm³/mol. The Hall–Kier alpha value is -2.15. The lowest BCUT2D eigenvalue weighted by molar-refractivity contribution is 0.0950. The van der Waals surface area contributed by atoms with E-state index in [2.05, 4.69) is 26.3 Å². The number of nitrogens with one attached hydrogen (secondary N) is 1. The first-order valence-electron chi connectivity index (χ1n) is 7.78. The van der Waals surface area contributed by atoms with Crippen molar-refractivity contribution in [1.29, 1.82) is 0 Å². The van der Waals surface area contributed by atoms with Gasteiger partial charge in [0.1, 0.15) is 5.75 Å². The zero-order valence-electron chi connectivity index (χ0n) is 13.3. The van der Waals surface area contributed by atoms with Crippen LogP contribution in [0.15, 0.2) is 39.6 Å². The van der Waals surface area contributed by atoms with E-state index in [4.69, 9.17) is 4.74 Å². The Morgan fingerprint density at radius 1 is 1.38 bits per heavy atom. The van der Waals surface area contributed by atoms with E-state index in [1.165, 1.54) is 4.68 Å². The Balaban J connectivity index is 1.63. The minimum atomic E-state index is -0.229. The third kappa shape index (κ3) is 3.84. The molecule has 0 aliphatic heterocycles. The molecular weight excluding hydrogens is 374 g/mol. The van der Waals surface area contributed by atoms with Crippen molar-refractivity contribution < 1.29 is 9.53 Å². The van der Waals surface area contributed by atoms with Gasteiger partial charge in [-0.25, -0.2) is 4.68 Å². The number of hydrogen-bond acceptors (Lipinski definition) is 4. The van der Waals surface area contributed by atoms with Gasteiger partial charge in [0.15, 0.2) is 0 Å². The van der Waals surface area contributed by atoms with Crippen LogP contribution in [0.3, 0.4) is 0 Å². The summed E-state index contributed by atoms with van der Waals surface area (Å²) < 4.78 is 7.23. The quantitative estimate of drug-likeness (QED) is 0.819. The zero-order chi connectivity index (χ0) is 17.1. The summed E-state index contributed by atoms with van der Waals surface area (Å²) in [6.07, 6.45) is 2.26. The highest BCUT2D eigenvalue weighted by atomic mass is 79.9. The molecule has 0 spiro atoms. The van der Waals surface area contributed by atoms with Crippen molar-refractivity contribution in [3.63, 3.8) is 0 Å². The summed E-state index contributed by atoms with van der Waals surface area (Å²) in [4.78, 5) is 24.2. The molecule has 0 radical (unpaired) electrons. The first kappa shape index (κ1) is 16.7. The zero-order valence-corrected chi connectivity index (χ0v) is 14.9. The maximum Gasteiger partial charge on any atom is 0.266 e. The van der Waals surface area contributed by atoms with Crippen LogP contribution in [0.25, 0.3) is 0 Å². The van der Waals surface area contributed by atoms with Crippen LogP contribution in [-0.4, -0.2) is 29.3 Å². The lowest BCUT2D eigenvalue weighted by Gasteiger charge is -2.10. The van der Waals surface area contributed by atoms with Crippen molar-refractivity contribution in [3.05, 3.63) is 56.4 Å². The third-order valence-electron chi connectivity index (χ3n) is 3.91. The van der Waals surface area contributed by atoms with Crippen LogP contribution in [0.2, 0.25) is 0 Å². The van der Waals surface area contributed by atoms with E-state index in [-0.39, 0.29) is 11.5 Å². The summed E-state index contributed by atoms with van der Waals surface area (Å²) in [5, 5.41) is 7.18. The maximum absolute atomic E-state index is 12.3. The molecule has 6 nitrogen and oxygen atoms in total. The van der Waals surface area contributed by atoms with Gasteiger partial charge in [0, 0.05) is 23.0 Å². The van der Waals surface area contributed by atoms with E-state index in [0.717, 1.165) is 18.5 Å². The number of carbonyl (C=O) groups is 1. The molecule has 3 rings (SSSR count). The predicted octanol–water partition coefficient (Wildman–Crippen LogP) is 2.32. The first-order valence-corrected chi connectivity index (χ1v) is 8.57. The fourth-order valence-corrected chi connectivity index (χ4v) is 2.82. The molecule has 0 bridgehead atoms. The SMILES string of the molecule is COc1ccc(Br)c(C(=O)NCCn2nc(C3CC3)ccc2=O)c1. The average Bonchev–Trinajstić information content (AvgIpc) is 3.42. The summed E-state index contributed by atoms with van der Waals surface area (Å²) in [5.74, 6) is 0.865. The normalized spacial score (nSPS) is 13.6. The van der Waals surface area contributed by atoms with Crippen LogP contribution < -0.4 is 15.6 Å². The Morgan fingerprint density at radius 2 is 2.17 bits per heavy atom. The summed E-state index contributed by atoms with van der Waals surface area (Å²) in [7, 11) is 1.55. The maximum atomic E-state index is 12.3. The minimum absolute atomic E-state index is 0.156. The van der Waals surface area contributed by atoms with Gasteiger partial charge < -0.3 is 10.1 Å². The first-order chi connectivity index (χ1) is 11.6. The molecule has 0 saturated heterocycles. The second-order valence-electron chi connectivity index (χ2n) is 5.70. The highest BCUT2D eigenvalue weighted by Crippen LogP contribution is 2.38. The van der Waals surface area contributed by atoms with Crippen molar-refractivity contribution >= 4 is 21.8 Å². The molecule has 1 aliphatic carbocycles. The minimum Gasteiger partial charge on any atom is -0.497 e. The molecular formula is C17H18BrN3O3. The number of amides is 1. The molecule has 1 amide bonds. The van der Waals surface area contributed by atoms with Crippen LogP contribution in [0.4, 0.5) is 0 Å². The molecule has 0 atom stereocenters. The second-order valence-corrected chi connectivity index (χ2v) is 6.55. The van der Waals surface area contributed by atoms with Gasteiger partial charge in [0.05, 0.1) is 24.9 Å². The smallest absolute Gasteiger partial charge is 0.266 e. The number of benzene rings is 1. The lowest BCUT2D eigenvalue weighted by atomic mass is 10.2. The van der Waals surface area contributed by atoms with E-state index in [1.807, 2.05) is 0 Å². The van der Waals surface area contributed by atoms with Gasteiger partial charge in [-0.3, -0.25) is 9.59 Å². The highest BCUT2D eigenvalue weighted by molar-refractivity contribution is 9.10. The van der Waals surface area contributed by atoms with E-state index in [1.54, 1.807) is 37.4 Å². The third-order valence-corrected chi connectivity index (χ3v) is 4.60. The van der Waals surface area contributed by atoms with Crippen LogP contribution in [0, 0.1) is 0 Å². The number of hydrogen-bond donors (Lipinski definition) is 1. The molecule has 24 heavy (non-hydrogen) atoms. The molecule has 2 aromatic rings. The Labute approximate surface area is 148 Å². The van der Waals surface area contributed by atoms with E-state index in [0.29, 0.717) is 34.8 Å². The molecule has 1 aliphatic rings. The molecule has 1 N–H and O–H groups in total. The topological polar surface area (TPSA) is 73.2 Å². The fraction of sp³-hybridized carbons (Fsp3) is 0.353. The summed E-state index contributed by atoms with van der Waals surface area (Å²) >= 11 is 3.36. The van der Waals surface area contributed by atoms with Gasteiger partial charge in [-0.1, -0.05) is 0 Å². The van der Waals surface area contributed by atoms with Crippen LogP contribution >= 0.6 is 15.9 Å². The fourth-order valence-electron chi connectivity index (χ4n) is 2.40. The van der Waals surface area contributed by atoms with Crippen molar-refractivity contribution in [2.75, 3.05) is 13.7 Å². The summed E-state index contributed by atoms with van der Waals surface area (Å²) in [6, 6.07) is 8.54. The number of ether oxygens (including phenoxy) is 1. The lowest BCUT2D eigenvalue weighted by Crippen LogP contribution is -2.32. The number of carbonyl (C=O) groups excluding carboxylic acids is 1. The van der Waals surface area contributed by atoms with Gasteiger partial charge in [-0.15, -0.1) is 0 Å². The number of methoxy groups -OCH3 is 1. The summed E-state index contributed by atoms with van der Waals surface area (Å²) in [6.45, 7) is 0.663. The van der Waals surface area contributed by atoms with Crippen molar-refractivity contribution in [3.8, 4) is 5.75 Å². The van der Waals surface area contributed by atoms with Crippen molar-refractivity contribution in [1.82, 2.24) is 15.1 Å². The molecule has 1 aromatic carbocycles. The van der Waals surface area contributed by atoms with Crippen LogP contribution in [0.5, 0.6) is 5.75 Å². The molecule has 126 valence electrons. The van der Waals surface area contributed by atoms with Crippen molar-refractivity contribution in [2.24, 2.45) is 0 Å². The largest absolute Gasteiger partial charge is 0.497 e. The van der Waals surface area contributed by atoms with Gasteiger partial charge in [0.2, 0.25) is 0 Å². The van der Waals surface area contributed by atoms with Gasteiger partial charge in [0.25, 0.3) is 11.5 Å². The Kier molecular flexibility index (Phi) is 4.99. The summed E-state index contributed by atoms with van der Waals surface area (Å²) in [5.41, 5.74) is 1.29. The van der Waals surface area contributed by atoms with E-state index < -0.39 is 0 Å². The molecule has 0 unspecified atom stereocenters.